The average Bonchev–Trinajstić information content (AvgIpc) is 2.37. The molecule has 5 heteroatoms. The second-order valence-electron chi connectivity index (χ2n) is 4.65. The Balaban J connectivity index is 3.18. The van der Waals surface area contributed by atoms with E-state index in [-0.39, 0.29) is 12.8 Å². The lowest BCUT2D eigenvalue weighted by Crippen LogP contribution is -2.06. The molecule has 0 heterocycles. The molecule has 0 aromatic carbocycles. The van der Waals surface area contributed by atoms with Crippen LogP contribution >= 0.6 is 0 Å². The molecule has 0 fully saturated rings. The Kier molecular flexibility index (Phi) is 12.6. The van der Waals surface area contributed by atoms with E-state index in [4.69, 9.17) is 9.99 Å². The van der Waals surface area contributed by atoms with E-state index in [1.54, 1.807) is 0 Å². The van der Waals surface area contributed by atoms with Gasteiger partial charge in [-0.3, -0.25) is 9.68 Å². The molecule has 0 bridgehead atoms. The molecular weight excluding hydrogens is 248 g/mol. The molecule has 0 aliphatic rings. The molecule has 112 valence electrons. The Morgan fingerprint density at radius 2 is 1.53 bits per heavy atom. The van der Waals surface area contributed by atoms with E-state index >= 15 is 0 Å². The number of carboxylic acid groups (broad SMARTS) is 1. The van der Waals surface area contributed by atoms with Crippen molar-refractivity contribution < 1.29 is 24.5 Å². The number of hydrogen-bond donors (Lipinski definition) is 1. The summed E-state index contributed by atoms with van der Waals surface area (Å²) in [5, 5.41) is 8.42. The van der Waals surface area contributed by atoms with Gasteiger partial charge in [0, 0.05) is 12.8 Å². The summed E-state index contributed by atoms with van der Waals surface area (Å²) < 4.78 is 0. The predicted molar refractivity (Wildman–Crippen MR) is 71.5 cm³/mol. The van der Waals surface area contributed by atoms with Crippen LogP contribution in [0.15, 0.2) is 0 Å². The fraction of sp³-hybridized carbons (Fsp3) is 0.857. The molecule has 0 aliphatic carbocycles. The summed E-state index contributed by atoms with van der Waals surface area (Å²) >= 11 is 0. The molecule has 0 aliphatic heterocycles. The number of carbonyl (C=O) groups excluding carboxylic acids is 1. The summed E-state index contributed by atoms with van der Waals surface area (Å²) in [4.78, 5) is 30.8. The Morgan fingerprint density at radius 1 is 0.895 bits per heavy atom. The normalized spacial score (nSPS) is 10.4. The Bertz CT molecular complexity index is 240. The summed E-state index contributed by atoms with van der Waals surface area (Å²) in [6.45, 7) is 2.62. The van der Waals surface area contributed by atoms with Crippen molar-refractivity contribution in [2.45, 2.75) is 71.1 Å². The topological polar surface area (TPSA) is 72.8 Å². The van der Waals surface area contributed by atoms with Gasteiger partial charge in [0.05, 0.1) is 6.61 Å². The van der Waals surface area contributed by atoms with Gasteiger partial charge in [0.15, 0.2) is 0 Å². The van der Waals surface area contributed by atoms with Crippen LogP contribution in [-0.2, 0) is 19.4 Å². The number of rotatable bonds is 13. The molecule has 0 saturated heterocycles. The second kappa shape index (κ2) is 13.3. The molecule has 0 amide bonds. The van der Waals surface area contributed by atoms with E-state index in [0.717, 1.165) is 12.8 Å². The molecule has 0 saturated carbocycles. The van der Waals surface area contributed by atoms with E-state index in [9.17, 15) is 9.59 Å². The van der Waals surface area contributed by atoms with Crippen molar-refractivity contribution in [1.29, 1.82) is 0 Å². The monoisotopic (exact) mass is 274 g/mol. The number of unbranched alkanes of at least 4 members (excludes halogenated alkanes) is 6. The highest BCUT2D eigenvalue weighted by Crippen LogP contribution is 2.05. The van der Waals surface area contributed by atoms with Crippen molar-refractivity contribution in [2.75, 3.05) is 6.61 Å². The Morgan fingerprint density at radius 3 is 2.21 bits per heavy atom. The zero-order chi connectivity index (χ0) is 14.3. The predicted octanol–water partition coefficient (Wildman–Crippen LogP) is 3.47. The number of carbonyl (C=O) groups is 2. The van der Waals surface area contributed by atoms with Crippen molar-refractivity contribution in [3.8, 4) is 0 Å². The van der Waals surface area contributed by atoms with Gasteiger partial charge in [-0.05, 0) is 19.3 Å². The van der Waals surface area contributed by atoms with Crippen LogP contribution in [0.3, 0.4) is 0 Å². The summed E-state index contributed by atoms with van der Waals surface area (Å²) in [5.74, 6) is -1.26. The van der Waals surface area contributed by atoms with Crippen molar-refractivity contribution in [3.63, 3.8) is 0 Å². The number of aliphatic carboxylic acids is 1. The van der Waals surface area contributed by atoms with Crippen LogP contribution in [0.1, 0.15) is 71.1 Å². The van der Waals surface area contributed by atoms with Crippen LogP contribution in [0.5, 0.6) is 0 Å². The van der Waals surface area contributed by atoms with Crippen LogP contribution in [0.2, 0.25) is 0 Å². The smallest absolute Gasteiger partial charge is 0.342 e. The lowest BCUT2D eigenvalue weighted by molar-refractivity contribution is -0.272. The van der Waals surface area contributed by atoms with E-state index in [0.29, 0.717) is 19.4 Å². The minimum Gasteiger partial charge on any atom is -0.481 e. The molecule has 0 atom stereocenters. The van der Waals surface area contributed by atoms with Gasteiger partial charge in [-0.15, -0.1) is 0 Å². The van der Waals surface area contributed by atoms with Gasteiger partial charge in [-0.2, -0.15) is 4.89 Å². The number of hydrogen-bond acceptors (Lipinski definition) is 4. The second-order valence-corrected chi connectivity index (χ2v) is 4.65. The minimum atomic E-state index is -0.840. The van der Waals surface area contributed by atoms with Gasteiger partial charge in [-0.25, -0.2) is 4.79 Å². The lowest BCUT2D eigenvalue weighted by Gasteiger charge is -2.03. The quantitative estimate of drug-likeness (QED) is 0.316. The van der Waals surface area contributed by atoms with Gasteiger partial charge in [0.25, 0.3) is 0 Å². The van der Waals surface area contributed by atoms with Crippen molar-refractivity contribution >= 4 is 11.9 Å². The van der Waals surface area contributed by atoms with Gasteiger partial charge in [-0.1, -0.05) is 39.0 Å². The van der Waals surface area contributed by atoms with E-state index < -0.39 is 11.9 Å². The van der Waals surface area contributed by atoms with Crippen molar-refractivity contribution in [2.24, 2.45) is 0 Å². The van der Waals surface area contributed by atoms with Gasteiger partial charge >= 0.3 is 11.9 Å². The van der Waals surface area contributed by atoms with Gasteiger partial charge in [0.2, 0.25) is 0 Å². The molecule has 0 radical (unpaired) electrons. The maximum Gasteiger partial charge on any atom is 0.342 e. The van der Waals surface area contributed by atoms with Crippen LogP contribution in [0, 0.1) is 0 Å². The minimum absolute atomic E-state index is 0.0892. The Labute approximate surface area is 115 Å². The maximum atomic E-state index is 11.2. The van der Waals surface area contributed by atoms with E-state index in [2.05, 4.69) is 11.8 Å². The van der Waals surface area contributed by atoms with E-state index in [1.165, 1.54) is 25.7 Å². The average molecular weight is 274 g/mol. The highest BCUT2D eigenvalue weighted by atomic mass is 17.2. The Hall–Kier alpha value is -1.10. The first kappa shape index (κ1) is 17.9. The first-order valence-corrected chi connectivity index (χ1v) is 7.21. The van der Waals surface area contributed by atoms with Crippen LogP contribution in [0.4, 0.5) is 0 Å². The first-order chi connectivity index (χ1) is 9.16. The molecule has 1 N–H and O–H groups in total. The van der Waals surface area contributed by atoms with Crippen molar-refractivity contribution in [3.05, 3.63) is 0 Å². The molecule has 0 aromatic heterocycles. The summed E-state index contributed by atoms with van der Waals surface area (Å²) in [6, 6.07) is 0. The largest absolute Gasteiger partial charge is 0.481 e. The SMILES string of the molecule is CCCCCCCCOOC(=O)CCCCC(=O)O. The standard InChI is InChI=1S/C14H26O5/c1-2-3-4-5-6-9-12-18-19-14(17)11-8-7-10-13(15)16/h2-12H2,1H3,(H,15,16). The summed E-state index contributed by atoms with van der Waals surface area (Å²) in [6.07, 6.45) is 8.25. The molecule has 0 spiro atoms. The van der Waals surface area contributed by atoms with Crippen LogP contribution < -0.4 is 0 Å². The fourth-order valence-corrected chi connectivity index (χ4v) is 1.64. The molecule has 19 heavy (non-hydrogen) atoms. The summed E-state index contributed by atoms with van der Waals surface area (Å²) in [7, 11) is 0. The molecule has 0 rings (SSSR count). The van der Waals surface area contributed by atoms with Crippen LogP contribution in [-0.4, -0.2) is 23.7 Å². The van der Waals surface area contributed by atoms with Gasteiger partial charge < -0.3 is 5.11 Å². The highest BCUT2D eigenvalue weighted by Gasteiger charge is 2.05. The zero-order valence-electron chi connectivity index (χ0n) is 11.9. The van der Waals surface area contributed by atoms with Crippen molar-refractivity contribution in [1.82, 2.24) is 0 Å². The fourth-order valence-electron chi connectivity index (χ4n) is 1.64. The lowest BCUT2D eigenvalue weighted by atomic mass is 10.1. The van der Waals surface area contributed by atoms with Crippen LogP contribution in [0.25, 0.3) is 0 Å². The highest BCUT2D eigenvalue weighted by molar-refractivity contribution is 5.69. The number of carboxylic acids is 1. The zero-order valence-corrected chi connectivity index (χ0v) is 11.9. The van der Waals surface area contributed by atoms with E-state index in [1.807, 2.05) is 0 Å². The summed E-state index contributed by atoms with van der Waals surface area (Å²) in [5.41, 5.74) is 0. The molecular formula is C14H26O5. The third-order valence-electron chi connectivity index (χ3n) is 2.75. The molecule has 5 nitrogen and oxygen atoms in total. The molecule has 0 aromatic rings. The third kappa shape index (κ3) is 14.8. The first-order valence-electron chi connectivity index (χ1n) is 7.21. The third-order valence-corrected chi connectivity index (χ3v) is 2.75. The maximum absolute atomic E-state index is 11.2. The molecule has 0 unspecified atom stereocenters. The van der Waals surface area contributed by atoms with Gasteiger partial charge in [0.1, 0.15) is 0 Å².